The molecule has 1 N–H and O–H groups in total. The molecule has 8 heteroatoms. The van der Waals surface area contributed by atoms with Crippen molar-refractivity contribution in [2.45, 2.75) is 77.0 Å². The van der Waals surface area contributed by atoms with E-state index in [1.165, 1.54) is 4.90 Å². The lowest BCUT2D eigenvalue weighted by molar-refractivity contribution is -0.164. The fourth-order valence-corrected chi connectivity index (χ4v) is 2.84. The average Bonchev–Trinajstić information content (AvgIpc) is 3.44. The molecule has 0 aromatic rings. The number of ether oxygens (including phenoxy) is 5. The predicted molar refractivity (Wildman–Crippen MR) is 103 cm³/mol. The minimum atomic E-state index is -0.685. The van der Waals surface area contributed by atoms with Gasteiger partial charge < -0.3 is 33.7 Å². The topological polar surface area (TPSA) is 90.0 Å². The maximum atomic E-state index is 12.5. The molecular weight excluding hydrogens is 366 g/mol. The van der Waals surface area contributed by atoms with Crippen molar-refractivity contribution in [3.8, 4) is 0 Å². The first-order chi connectivity index (χ1) is 13.3. The van der Waals surface area contributed by atoms with Gasteiger partial charge in [0.2, 0.25) is 0 Å². The van der Waals surface area contributed by atoms with Crippen LogP contribution in [0.3, 0.4) is 0 Å². The molecule has 0 aliphatic carbocycles. The first-order valence-corrected chi connectivity index (χ1v) is 10.4. The lowest BCUT2D eigenvalue weighted by Gasteiger charge is -2.30. The molecule has 0 aromatic carbocycles. The van der Waals surface area contributed by atoms with E-state index >= 15 is 0 Å². The Hall–Kier alpha value is -0.930. The molecule has 164 valence electrons. The number of amides is 1. The standard InChI is InChI=1S/C20H37NO7/c1-20(2,3)28-19(23)21(9-13-26-18-6-4-5-10-25-18)14-16(22)7-11-24-12-8-17-15-27-17/h16-18,22H,4-15H2,1-3H3. The molecular formula is C20H37NO7. The summed E-state index contributed by atoms with van der Waals surface area (Å²) in [6, 6.07) is 0. The fourth-order valence-electron chi connectivity index (χ4n) is 2.84. The SMILES string of the molecule is CC(C)(C)OC(=O)N(CCOC1CCCCO1)CC(O)CCOCCC1CO1. The molecule has 2 aliphatic heterocycles. The van der Waals surface area contributed by atoms with Crippen LogP contribution in [0.25, 0.3) is 0 Å². The molecule has 0 spiro atoms. The number of carbonyl (C=O) groups excluding carboxylic acids is 1. The Balaban J connectivity index is 1.70. The molecule has 3 unspecified atom stereocenters. The number of aliphatic hydroxyl groups excluding tert-OH is 1. The number of hydrogen-bond acceptors (Lipinski definition) is 7. The Labute approximate surface area is 168 Å². The molecule has 28 heavy (non-hydrogen) atoms. The summed E-state index contributed by atoms with van der Waals surface area (Å²) in [5.74, 6) is 0. The van der Waals surface area contributed by atoms with Crippen molar-refractivity contribution in [3.63, 3.8) is 0 Å². The van der Waals surface area contributed by atoms with Crippen molar-refractivity contribution < 1.29 is 33.6 Å². The van der Waals surface area contributed by atoms with Gasteiger partial charge in [0.15, 0.2) is 6.29 Å². The molecule has 2 fully saturated rings. The molecule has 8 nitrogen and oxygen atoms in total. The van der Waals surface area contributed by atoms with Gasteiger partial charge in [0.25, 0.3) is 0 Å². The van der Waals surface area contributed by atoms with Crippen molar-refractivity contribution in [1.29, 1.82) is 0 Å². The summed E-state index contributed by atoms with van der Waals surface area (Å²) < 4.78 is 27.4. The lowest BCUT2D eigenvalue weighted by atomic mass is 10.2. The lowest BCUT2D eigenvalue weighted by Crippen LogP contribution is -2.43. The molecule has 3 atom stereocenters. The molecule has 0 saturated carbocycles. The van der Waals surface area contributed by atoms with Crippen LogP contribution in [0, 0.1) is 0 Å². The van der Waals surface area contributed by atoms with E-state index in [2.05, 4.69) is 0 Å². The summed E-state index contributed by atoms with van der Waals surface area (Å²) in [5, 5.41) is 10.3. The summed E-state index contributed by atoms with van der Waals surface area (Å²) in [6.45, 7) is 8.94. The van der Waals surface area contributed by atoms with Gasteiger partial charge in [-0.2, -0.15) is 0 Å². The van der Waals surface area contributed by atoms with Crippen LogP contribution in [0.4, 0.5) is 4.79 Å². The minimum absolute atomic E-state index is 0.179. The molecule has 0 aromatic heterocycles. The maximum absolute atomic E-state index is 12.5. The second kappa shape index (κ2) is 11.9. The van der Waals surface area contributed by atoms with E-state index < -0.39 is 17.8 Å². The average molecular weight is 404 g/mol. The van der Waals surface area contributed by atoms with E-state index in [1.807, 2.05) is 20.8 Å². The Morgan fingerprint density at radius 2 is 2.00 bits per heavy atom. The van der Waals surface area contributed by atoms with Crippen LogP contribution >= 0.6 is 0 Å². The van der Waals surface area contributed by atoms with Crippen LogP contribution in [0.2, 0.25) is 0 Å². The molecule has 2 rings (SSSR count). The minimum Gasteiger partial charge on any atom is -0.444 e. The smallest absolute Gasteiger partial charge is 0.410 e. The molecule has 1 amide bonds. The van der Waals surface area contributed by atoms with E-state index in [0.29, 0.717) is 45.5 Å². The largest absolute Gasteiger partial charge is 0.444 e. The van der Waals surface area contributed by atoms with Crippen molar-refractivity contribution >= 4 is 6.09 Å². The van der Waals surface area contributed by atoms with E-state index in [-0.39, 0.29) is 12.8 Å². The Bertz CT molecular complexity index is 444. The van der Waals surface area contributed by atoms with Gasteiger partial charge in [-0.05, 0) is 52.9 Å². The Morgan fingerprint density at radius 1 is 1.21 bits per heavy atom. The number of rotatable bonds is 12. The number of carbonyl (C=O) groups is 1. The summed E-state index contributed by atoms with van der Waals surface area (Å²) in [4.78, 5) is 14.0. The third-order valence-electron chi connectivity index (χ3n) is 4.47. The second-order valence-corrected chi connectivity index (χ2v) is 8.39. The van der Waals surface area contributed by atoms with E-state index in [1.54, 1.807) is 0 Å². The van der Waals surface area contributed by atoms with Gasteiger partial charge in [0.05, 0.1) is 32.0 Å². The Morgan fingerprint density at radius 3 is 2.64 bits per heavy atom. The number of epoxide rings is 1. The molecule has 2 aliphatic rings. The summed E-state index contributed by atoms with van der Waals surface area (Å²) >= 11 is 0. The quantitative estimate of drug-likeness (QED) is 0.395. The molecule has 0 radical (unpaired) electrons. The third-order valence-corrected chi connectivity index (χ3v) is 4.47. The van der Waals surface area contributed by atoms with Gasteiger partial charge >= 0.3 is 6.09 Å². The third kappa shape index (κ3) is 10.6. The van der Waals surface area contributed by atoms with Gasteiger partial charge in [-0.1, -0.05) is 0 Å². The van der Waals surface area contributed by atoms with Crippen molar-refractivity contribution in [2.75, 3.05) is 46.1 Å². The first-order valence-electron chi connectivity index (χ1n) is 10.4. The monoisotopic (exact) mass is 403 g/mol. The predicted octanol–water partition coefficient (Wildman–Crippen LogP) is 2.32. The van der Waals surface area contributed by atoms with Crippen molar-refractivity contribution in [3.05, 3.63) is 0 Å². The number of nitrogens with zero attached hydrogens (tertiary/aromatic N) is 1. The van der Waals surface area contributed by atoms with Crippen molar-refractivity contribution in [1.82, 2.24) is 4.90 Å². The number of aliphatic hydroxyl groups is 1. The highest BCUT2D eigenvalue weighted by molar-refractivity contribution is 5.68. The zero-order valence-electron chi connectivity index (χ0n) is 17.6. The second-order valence-electron chi connectivity index (χ2n) is 8.39. The zero-order valence-corrected chi connectivity index (χ0v) is 17.6. The highest BCUT2D eigenvalue weighted by Crippen LogP contribution is 2.15. The van der Waals surface area contributed by atoms with Gasteiger partial charge in [-0.3, -0.25) is 0 Å². The van der Waals surface area contributed by atoms with Gasteiger partial charge in [0, 0.05) is 26.4 Å². The molecule has 0 bridgehead atoms. The van der Waals surface area contributed by atoms with Crippen LogP contribution in [-0.2, 0) is 23.7 Å². The van der Waals surface area contributed by atoms with Crippen LogP contribution < -0.4 is 0 Å². The fraction of sp³-hybridized carbons (Fsp3) is 0.950. The Kier molecular flexibility index (Phi) is 9.94. The van der Waals surface area contributed by atoms with Crippen LogP contribution in [0.5, 0.6) is 0 Å². The van der Waals surface area contributed by atoms with E-state index in [0.717, 1.165) is 32.3 Å². The van der Waals surface area contributed by atoms with Crippen LogP contribution in [0.15, 0.2) is 0 Å². The summed E-state index contributed by atoms with van der Waals surface area (Å²) in [6.07, 6.45) is 3.37. The highest BCUT2D eigenvalue weighted by atomic mass is 16.7. The van der Waals surface area contributed by atoms with Crippen LogP contribution in [0.1, 0.15) is 52.9 Å². The zero-order chi connectivity index (χ0) is 20.4. The normalized spacial score (nSPS) is 23.3. The number of hydrogen-bond donors (Lipinski definition) is 1. The van der Waals surface area contributed by atoms with E-state index in [4.69, 9.17) is 23.7 Å². The van der Waals surface area contributed by atoms with E-state index in [9.17, 15) is 9.90 Å². The highest BCUT2D eigenvalue weighted by Gasteiger charge is 2.25. The molecule has 2 heterocycles. The van der Waals surface area contributed by atoms with Gasteiger partial charge in [-0.25, -0.2) is 4.79 Å². The first kappa shape index (κ1) is 23.3. The summed E-state index contributed by atoms with van der Waals surface area (Å²) in [5.41, 5.74) is -0.596. The van der Waals surface area contributed by atoms with Crippen molar-refractivity contribution in [2.24, 2.45) is 0 Å². The summed E-state index contributed by atoms with van der Waals surface area (Å²) in [7, 11) is 0. The van der Waals surface area contributed by atoms with Gasteiger partial charge in [0.1, 0.15) is 5.60 Å². The van der Waals surface area contributed by atoms with Crippen LogP contribution in [-0.4, -0.2) is 86.3 Å². The van der Waals surface area contributed by atoms with Gasteiger partial charge in [-0.15, -0.1) is 0 Å². The molecule has 2 saturated heterocycles. The maximum Gasteiger partial charge on any atom is 0.410 e.